The molecule has 0 amide bonds. The maximum absolute atomic E-state index is 11.4. The van der Waals surface area contributed by atoms with Crippen molar-refractivity contribution in [2.75, 3.05) is 0 Å². The van der Waals surface area contributed by atoms with E-state index in [1.54, 1.807) is 24.3 Å². The van der Waals surface area contributed by atoms with Gasteiger partial charge >= 0.3 is 5.97 Å². The van der Waals surface area contributed by atoms with Crippen LogP contribution in [0.25, 0.3) is 10.9 Å². The molecule has 14 heavy (non-hydrogen) atoms. The number of para-hydroxylation sites is 1. The summed E-state index contributed by atoms with van der Waals surface area (Å²) in [6.45, 7) is 0. The van der Waals surface area contributed by atoms with E-state index in [0.29, 0.717) is 10.1 Å². The molecule has 0 fully saturated rings. The maximum Gasteiger partial charge on any atom is 0.342 e. The van der Waals surface area contributed by atoms with Gasteiger partial charge in [0.2, 0.25) is 5.52 Å². The Hall–Kier alpha value is -2.10. The van der Waals surface area contributed by atoms with Crippen LogP contribution in [0.3, 0.4) is 0 Å². The summed E-state index contributed by atoms with van der Waals surface area (Å²) in [7, 11) is 0. The number of carboxylic acid groups (broad SMARTS) is 1. The van der Waals surface area contributed by atoms with Gasteiger partial charge in [-0.25, -0.2) is 4.79 Å². The van der Waals surface area contributed by atoms with Crippen LogP contribution in [0.1, 0.15) is 10.4 Å². The van der Waals surface area contributed by atoms with Gasteiger partial charge in [-0.3, -0.25) is 0 Å². The standard InChI is InChI=1S/C10H7NO3/c12-10(13)8-5-1-3-7-4-2-6-11(14)9(7)8/h1-6H,(H,12,13). The van der Waals surface area contributed by atoms with E-state index in [0.717, 1.165) is 0 Å². The average molecular weight is 189 g/mol. The van der Waals surface area contributed by atoms with Crippen molar-refractivity contribution in [2.24, 2.45) is 0 Å². The molecular weight excluding hydrogens is 182 g/mol. The fourth-order valence-corrected chi connectivity index (χ4v) is 1.41. The fraction of sp³-hybridized carbons (Fsp3) is 0. The van der Waals surface area contributed by atoms with Crippen LogP contribution in [0, 0.1) is 5.21 Å². The zero-order chi connectivity index (χ0) is 10.1. The van der Waals surface area contributed by atoms with E-state index >= 15 is 0 Å². The third-order valence-electron chi connectivity index (χ3n) is 2.02. The van der Waals surface area contributed by atoms with E-state index in [1.165, 1.54) is 12.3 Å². The van der Waals surface area contributed by atoms with Crippen LogP contribution in [-0.2, 0) is 0 Å². The van der Waals surface area contributed by atoms with Crippen LogP contribution < -0.4 is 4.73 Å². The largest absolute Gasteiger partial charge is 0.618 e. The Balaban J connectivity index is 2.91. The van der Waals surface area contributed by atoms with Crippen molar-refractivity contribution < 1.29 is 14.6 Å². The predicted molar refractivity (Wildman–Crippen MR) is 49.9 cm³/mol. The number of benzene rings is 1. The lowest BCUT2D eigenvalue weighted by Gasteiger charge is -2.02. The number of carboxylic acids is 1. The maximum atomic E-state index is 11.4. The van der Waals surface area contributed by atoms with Crippen molar-refractivity contribution >= 4 is 16.9 Å². The van der Waals surface area contributed by atoms with E-state index in [2.05, 4.69) is 0 Å². The molecule has 0 atom stereocenters. The zero-order valence-electron chi connectivity index (χ0n) is 7.18. The van der Waals surface area contributed by atoms with Crippen LogP contribution in [0.5, 0.6) is 0 Å². The molecule has 1 N–H and O–H groups in total. The summed E-state index contributed by atoms with van der Waals surface area (Å²) in [4.78, 5) is 10.8. The molecule has 0 bridgehead atoms. The number of aromatic nitrogens is 1. The summed E-state index contributed by atoms with van der Waals surface area (Å²) in [6.07, 6.45) is 1.29. The van der Waals surface area contributed by atoms with E-state index in [-0.39, 0.29) is 11.1 Å². The van der Waals surface area contributed by atoms with Crippen molar-refractivity contribution in [1.82, 2.24) is 0 Å². The van der Waals surface area contributed by atoms with Gasteiger partial charge in [0.05, 0.1) is 0 Å². The second-order valence-corrected chi connectivity index (χ2v) is 2.88. The number of pyridine rings is 1. The van der Waals surface area contributed by atoms with Gasteiger partial charge in [-0.2, -0.15) is 4.73 Å². The number of rotatable bonds is 1. The van der Waals surface area contributed by atoms with Crippen LogP contribution >= 0.6 is 0 Å². The molecule has 0 aliphatic rings. The molecule has 0 radical (unpaired) electrons. The fourth-order valence-electron chi connectivity index (χ4n) is 1.41. The molecule has 1 aromatic carbocycles. The Morgan fingerprint density at radius 3 is 2.71 bits per heavy atom. The summed E-state index contributed by atoms with van der Waals surface area (Å²) in [6, 6.07) is 8.03. The SMILES string of the molecule is O=C(O)c1cccc2ccc[n+]([O-])c12. The van der Waals surface area contributed by atoms with E-state index in [1.807, 2.05) is 0 Å². The second-order valence-electron chi connectivity index (χ2n) is 2.88. The van der Waals surface area contributed by atoms with Gasteiger partial charge in [0.25, 0.3) is 0 Å². The van der Waals surface area contributed by atoms with Crippen molar-refractivity contribution in [3.63, 3.8) is 0 Å². The quantitative estimate of drug-likeness (QED) is 0.541. The highest BCUT2D eigenvalue weighted by molar-refractivity contribution is 6.00. The summed E-state index contributed by atoms with van der Waals surface area (Å²) in [5.74, 6) is -1.09. The molecule has 2 rings (SSSR count). The second kappa shape index (κ2) is 2.99. The van der Waals surface area contributed by atoms with Crippen LogP contribution in [-0.4, -0.2) is 11.1 Å². The molecule has 1 aromatic heterocycles. The van der Waals surface area contributed by atoms with E-state index in [4.69, 9.17) is 5.11 Å². The molecule has 0 saturated carbocycles. The lowest BCUT2D eigenvalue weighted by molar-refractivity contribution is -0.577. The topological polar surface area (TPSA) is 64.2 Å². The van der Waals surface area contributed by atoms with Gasteiger partial charge in [-0.1, -0.05) is 6.07 Å². The number of aromatic carboxylic acids is 1. The zero-order valence-corrected chi connectivity index (χ0v) is 7.18. The Bertz CT molecular complexity index is 502. The summed E-state index contributed by atoms with van der Waals surface area (Å²) < 4.78 is 0.568. The monoisotopic (exact) mass is 189 g/mol. The molecule has 0 spiro atoms. The minimum atomic E-state index is -1.09. The predicted octanol–water partition coefficient (Wildman–Crippen LogP) is 1.17. The van der Waals surface area contributed by atoms with E-state index < -0.39 is 5.97 Å². The molecule has 1 heterocycles. The highest BCUT2D eigenvalue weighted by Gasteiger charge is 2.14. The first-order valence-electron chi connectivity index (χ1n) is 4.04. The highest BCUT2D eigenvalue weighted by Crippen LogP contribution is 2.14. The Labute approximate surface area is 79.6 Å². The lowest BCUT2D eigenvalue weighted by Crippen LogP contribution is -2.27. The molecule has 4 heteroatoms. The Kier molecular flexibility index (Phi) is 1.81. The van der Waals surface area contributed by atoms with Crippen LogP contribution in [0.15, 0.2) is 36.5 Å². The van der Waals surface area contributed by atoms with Gasteiger partial charge in [0, 0.05) is 11.5 Å². The molecule has 4 nitrogen and oxygen atoms in total. The van der Waals surface area contributed by atoms with Crippen LogP contribution in [0.2, 0.25) is 0 Å². The van der Waals surface area contributed by atoms with Gasteiger partial charge < -0.3 is 10.3 Å². The number of carbonyl (C=O) groups is 1. The molecule has 0 saturated heterocycles. The van der Waals surface area contributed by atoms with Crippen molar-refractivity contribution in [1.29, 1.82) is 0 Å². The first-order chi connectivity index (χ1) is 6.70. The van der Waals surface area contributed by atoms with Crippen molar-refractivity contribution in [3.8, 4) is 0 Å². The first kappa shape index (κ1) is 8.50. The summed E-state index contributed by atoms with van der Waals surface area (Å²) in [5.41, 5.74) is 0.223. The molecule has 0 unspecified atom stereocenters. The van der Waals surface area contributed by atoms with Crippen molar-refractivity contribution in [2.45, 2.75) is 0 Å². The molecule has 70 valence electrons. The average Bonchev–Trinajstić information content (AvgIpc) is 2.17. The van der Waals surface area contributed by atoms with Gasteiger partial charge in [0.1, 0.15) is 5.56 Å². The normalized spacial score (nSPS) is 10.3. The number of nitrogens with zero attached hydrogens (tertiary/aromatic N) is 1. The molecule has 2 aromatic rings. The van der Waals surface area contributed by atoms with Gasteiger partial charge in [-0.15, -0.1) is 0 Å². The molecule has 0 aliphatic heterocycles. The van der Waals surface area contributed by atoms with Crippen LogP contribution in [0.4, 0.5) is 0 Å². The van der Waals surface area contributed by atoms with Gasteiger partial charge in [-0.05, 0) is 18.2 Å². The minimum Gasteiger partial charge on any atom is -0.618 e. The third kappa shape index (κ3) is 1.17. The third-order valence-corrected chi connectivity index (χ3v) is 2.02. The Morgan fingerprint density at radius 1 is 1.29 bits per heavy atom. The summed E-state index contributed by atoms with van der Waals surface area (Å²) >= 11 is 0. The first-order valence-corrected chi connectivity index (χ1v) is 4.04. The molecular formula is C10H7NO3. The van der Waals surface area contributed by atoms with E-state index in [9.17, 15) is 10.0 Å². The smallest absolute Gasteiger partial charge is 0.342 e. The minimum absolute atomic E-state index is 0.0260. The number of hydrogen-bond acceptors (Lipinski definition) is 2. The summed E-state index contributed by atoms with van der Waals surface area (Å²) in [5, 5.41) is 20.8. The number of hydrogen-bond donors (Lipinski definition) is 1. The van der Waals surface area contributed by atoms with Gasteiger partial charge in [0.15, 0.2) is 6.20 Å². The Morgan fingerprint density at radius 2 is 2.00 bits per heavy atom. The molecule has 0 aliphatic carbocycles. The highest BCUT2D eigenvalue weighted by atomic mass is 16.5. The lowest BCUT2D eigenvalue weighted by atomic mass is 10.1. The van der Waals surface area contributed by atoms with Crippen molar-refractivity contribution in [3.05, 3.63) is 47.3 Å². The number of fused-ring (bicyclic) bond motifs is 1.